The highest BCUT2D eigenvalue weighted by molar-refractivity contribution is 6.03. The molecule has 0 aliphatic carbocycles. The van der Waals surface area contributed by atoms with Crippen LogP contribution in [0.1, 0.15) is 36.7 Å². The Kier molecular flexibility index (Phi) is 7.06. The molecule has 0 unspecified atom stereocenters. The van der Waals surface area contributed by atoms with Crippen molar-refractivity contribution < 1.29 is 0 Å². The van der Waals surface area contributed by atoms with Gasteiger partial charge in [-0.15, -0.1) is 0 Å². The van der Waals surface area contributed by atoms with Gasteiger partial charge in [-0.25, -0.2) is 15.5 Å². The number of nitrogens with zero attached hydrogens (tertiary/aromatic N) is 5. The largest absolute Gasteiger partial charge is 0.321 e. The van der Waals surface area contributed by atoms with E-state index in [0.717, 1.165) is 58.9 Å². The van der Waals surface area contributed by atoms with E-state index in [9.17, 15) is 0 Å². The summed E-state index contributed by atoms with van der Waals surface area (Å²) in [6.45, 7) is 2.75. The number of hydrogen-bond donors (Lipinski definition) is 3. The maximum absolute atomic E-state index is 5.57. The Balaban J connectivity index is 1.62. The van der Waals surface area contributed by atoms with E-state index in [0.29, 0.717) is 12.4 Å². The molecule has 33 heavy (non-hydrogen) atoms. The van der Waals surface area contributed by atoms with Crippen molar-refractivity contribution in [2.45, 2.75) is 32.7 Å². The number of hydrogen-bond acceptors (Lipinski definition) is 6. The molecule has 0 fully saturated rings. The molecule has 0 aliphatic rings. The number of hydrazine groups is 1. The minimum atomic E-state index is 0.395. The number of hydrazone groups is 1. The molecule has 4 aromatic rings. The van der Waals surface area contributed by atoms with Gasteiger partial charge in [-0.2, -0.15) is 10.2 Å². The van der Waals surface area contributed by atoms with Crippen molar-refractivity contribution in [3.63, 3.8) is 0 Å². The first-order valence-corrected chi connectivity index (χ1v) is 11.0. The SMILES string of the molecule is CCCCc1nc(-c2ccccc2)n(Cc2ccc(-c3ccccc3/C(=N/N)NN)nc2)n1. The minimum Gasteiger partial charge on any atom is -0.321 e. The number of benzene rings is 2. The molecule has 0 radical (unpaired) electrons. The molecule has 8 heteroatoms. The molecule has 0 amide bonds. The molecule has 0 spiro atoms. The first-order valence-electron chi connectivity index (χ1n) is 11.0. The predicted octanol–water partition coefficient (Wildman–Crippen LogP) is 3.48. The van der Waals surface area contributed by atoms with Crippen LogP contribution < -0.4 is 17.1 Å². The second kappa shape index (κ2) is 10.5. The minimum absolute atomic E-state index is 0.395. The molecule has 5 N–H and O–H groups in total. The monoisotopic (exact) mass is 440 g/mol. The average molecular weight is 441 g/mol. The lowest BCUT2D eigenvalue weighted by molar-refractivity contribution is 0.664. The van der Waals surface area contributed by atoms with Crippen LogP contribution in [0.15, 0.2) is 78.0 Å². The number of unbranched alkanes of at least 4 members (excludes halogenated alkanes) is 1. The Hall–Kier alpha value is -4.04. The summed E-state index contributed by atoms with van der Waals surface area (Å²) in [4.78, 5) is 9.51. The Morgan fingerprint density at radius 1 is 1.03 bits per heavy atom. The third-order valence-corrected chi connectivity index (χ3v) is 5.38. The van der Waals surface area contributed by atoms with Crippen molar-refractivity contribution in [1.82, 2.24) is 25.2 Å². The Bertz CT molecular complexity index is 1210. The molecular formula is C25H28N8. The molecule has 4 rings (SSSR count). The summed E-state index contributed by atoms with van der Waals surface area (Å²) < 4.78 is 1.96. The summed E-state index contributed by atoms with van der Waals surface area (Å²) >= 11 is 0. The van der Waals surface area contributed by atoms with Crippen molar-refractivity contribution in [3.8, 4) is 22.6 Å². The van der Waals surface area contributed by atoms with E-state index in [2.05, 4.69) is 40.6 Å². The fraction of sp³-hybridized carbons (Fsp3) is 0.200. The van der Waals surface area contributed by atoms with E-state index in [1.165, 1.54) is 0 Å². The van der Waals surface area contributed by atoms with E-state index >= 15 is 0 Å². The number of pyridine rings is 1. The molecule has 0 aliphatic heterocycles. The van der Waals surface area contributed by atoms with Crippen LogP contribution in [0, 0.1) is 0 Å². The van der Waals surface area contributed by atoms with Crippen molar-refractivity contribution in [3.05, 3.63) is 89.9 Å². The van der Waals surface area contributed by atoms with Crippen LogP contribution in [-0.2, 0) is 13.0 Å². The van der Waals surface area contributed by atoms with Gasteiger partial charge in [0.15, 0.2) is 17.5 Å². The molecule has 2 aromatic heterocycles. The molecule has 8 nitrogen and oxygen atoms in total. The van der Waals surface area contributed by atoms with Crippen molar-refractivity contribution in [1.29, 1.82) is 0 Å². The van der Waals surface area contributed by atoms with Gasteiger partial charge in [-0.1, -0.05) is 74.0 Å². The van der Waals surface area contributed by atoms with Crippen LogP contribution in [0.25, 0.3) is 22.6 Å². The van der Waals surface area contributed by atoms with Gasteiger partial charge in [0.2, 0.25) is 0 Å². The van der Waals surface area contributed by atoms with Crippen molar-refractivity contribution in [2.24, 2.45) is 16.8 Å². The summed E-state index contributed by atoms with van der Waals surface area (Å²) in [5.41, 5.74) is 7.10. The smallest absolute Gasteiger partial charge is 0.167 e. The highest BCUT2D eigenvalue weighted by atomic mass is 15.3. The maximum Gasteiger partial charge on any atom is 0.167 e. The number of aromatic nitrogens is 4. The van der Waals surface area contributed by atoms with E-state index in [4.69, 9.17) is 21.8 Å². The third kappa shape index (κ3) is 5.07. The molecule has 0 atom stereocenters. The summed E-state index contributed by atoms with van der Waals surface area (Å²) in [6, 6.07) is 21.9. The van der Waals surface area contributed by atoms with E-state index < -0.39 is 0 Å². The van der Waals surface area contributed by atoms with Crippen molar-refractivity contribution >= 4 is 5.84 Å². The lowest BCUT2D eigenvalue weighted by atomic mass is 10.0. The standard InChI is InChI=1S/C25H28N8/c1-2-3-13-23-29-25(19-9-5-4-6-10-19)33(32-23)17-18-14-15-22(28-16-18)20-11-7-8-12-21(20)24(30-26)31-27/h4-12,14-16H,2-3,13,17,26-27H2,1H3,(H,30,31). The molecular weight excluding hydrogens is 412 g/mol. The molecule has 2 heterocycles. The van der Waals surface area contributed by atoms with Gasteiger partial charge in [-0.05, 0) is 18.1 Å². The first kappa shape index (κ1) is 22.2. The number of rotatable bonds is 8. The average Bonchev–Trinajstić information content (AvgIpc) is 3.27. The molecule has 0 saturated heterocycles. The topological polar surface area (TPSA) is 120 Å². The zero-order chi connectivity index (χ0) is 23.0. The number of nitrogens with two attached hydrogens (primary N) is 2. The van der Waals surface area contributed by atoms with Crippen LogP contribution in [0.5, 0.6) is 0 Å². The zero-order valence-electron chi connectivity index (χ0n) is 18.6. The second-order valence-electron chi connectivity index (χ2n) is 7.70. The number of amidine groups is 1. The lowest BCUT2D eigenvalue weighted by Crippen LogP contribution is -2.32. The van der Waals surface area contributed by atoms with E-state index in [1.807, 2.05) is 59.4 Å². The van der Waals surface area contributed by atoms with Crippen LogP contribution in [0.3, 0.4) is 0 Å². The van der Waals surface area contributed by atoms with Crippen LogP contribution in [0.2, 0.25) is 0 Å². The highest BCUT2D eigenvalue weighted by Crippen LogP contribution is 2.23. The van der Waals surface area contributed by atoms with Crippen LogP contribution in [-0.4, -0.2) is 25.6 Å². The predicted molar refractivity (Wildman–Crippen MR) is 131 cm³/mol. The summed E-state index contributed by atoms with van der Waals surface area (Å²) in [5, 5.41) is 8.52. The summed E-state index contributed by atoms with van der Waals surface area (Å²) in [6.07, 6.45) is 4.92. The molecule has 168 valence electrons. The Labute approximate surface area is 193 Å². The van der Waals surface area contributed by atoms with Gasteiger partial charge in [0.1, 0.15) is 0 Å². The van der Waals surface area contributed by atoms with Gasteiger partial charge in [0.25, 0.3) is 0 Å². The van der Waals surface area contributed by atoms with Gasteiger partial charge in [0, 0.05) is 29.3 Å². The number of aryl methyl sites for hydroxylation is 1. The highest BCUT2D eigenvalue weighted by Gasteiger charge is 2.14. The normalized spacial score (nSPS) is 11.5. The van der Waals surface area contributed by atoms with Gasteiger partial charge in [-0.3, -0.25) is 4.98 Å². The summed E-state index contributed by atoms with van der Waals surface area (Å²) in [7, 11) is 0. The fourth-order valence-corrected chi connectivity index (χ4v) is 3.69. The quantitative estimate of drug-likeness (QED) is 0.167. The first-order chi connectivity index (χ1) is 16.2. The summed E-state index contributed by atoms with van der Waals surface area (Å²) in [5.74, 6) is 13.2. The lowest BCUT2D eigenvalue weighted by Gasteiger charge is -2.11. The Morgan fingerprint density at radius 2 is 1.82 bits per heavy atom. The zero-order valence-corrected chi connectivity index (χ0v) is 18.6. The van der Waals surface area contributed by atoms with Crippen molar-refractivity contribution in [2.75, 3.05) is 0 Å². The molecule has 0 saturated carbocycles. The second-order valence-corrected chi connectivity index (χ2v) is 7.70. The van der Waals surface area contributed by atoms with Gasteiger partial charge in [0.05, 0.1) is 12.2 Å². The number of nitrogens with one attached hydrogen (secondary N) is 1. The van der Waals surface area contributed by atoms with Crippen LogP contribution in [0.4, 0.5) is 0 Å². The third-order valence-electron chi connectivity index (χ3n) is 5.38. The van der Waals surface area contributed by atoms with Gasteiger partial charge >= 0.3 is 0 Å². The molecule has 2 aromatic carbocycles. The van der Waals surface area contributed by atoms with Crippen LogP contribution >= 0.6 is 0 Å². The van der Waals surface area contributed by atoms with E-state index in [-0.39, 0.29) is 0 Å². The van der Waals surface area contributed by atoms with E-state index in [1.54, 1.807) is 0 Å². The maximum atomic E-state index is 5.57. The molecule has 0 bridgehead atoms. The Morgan fingerprint density at radius 3 is 2.52 bits per heavy atom. The van der Waals surface area contributed by atoms with Gasteiger partial charge < -0.3 is 11.3 Å². The fourth-order valence-electron chi connectivity index (χ4n) is 3.69.